The molecule has 2 aromatic heterocycles. The summed E-state index contributed by atoms with van der Waals surface area (Å²) in [7, 11) is 0. The van der Waals surface area contributed by atoms with E-state index < -0.39 is 0 Å². The number of pyridine rings is 1. The monoisotopic (exact) mass is 351 g/mol. The Balaban J connectivity index is 1.58. The molecule has 1 aromatic carbocycles. The predicted molar refractivity (Wildman–Crippen MR) is 97.8 cm³/mol. The number of benzene rings is 1. The molecule has 0 spiro atoms. The van der Waals surface area contributed by atoms with Gasteiger partial charge >= 0.3 is 0 Å². The predicted octanol–water partition coefficient (Wildman–Crippen LogP) is 4.99. The molecule has 1 aliphatic heterocycles. The average Bonchev–Trinajstić information content (AvgIpc) is 3.04. The van der Waals surface area contributed by atoms with Crippen molar-refractivity contribution in [3.8, 4) is 11.3 Å². The molecule has 4 rings (SSSR count). The van der Waals surface area contributed by atoms with Gasteiger partial charge in [-0.15, -0.1) is 0 Å². The van der Waals surface area contributed by atoms with Crippen molar-refractivity contribution >= 4 is 0 Å². The van der Waals surface area contributed by atoms with Crippen molar-refractivity contribution < 1.29 is 8.91 Å². The number of rotatable bonds is 4. The molecule has 134 valence electrons. The largest absolute Gasteiger partial charge is 0.356 e. The molecule has 0 N–H and O–H groups in total. The van der Waals surface area contributed by atoms with Gasteiger partial charge in [-0.2, -0.15) is 0 Å². The van der Waals surface area contributed by atoms with Crippen LogP contribution in [0.3, 0.4) is 0 Å². The van der Waals surface area contributed by atoms with Crippen LogP contribution in [-0.2, 0) is 6.54 Å². The van der Waals surface area contributed by atoms with Gasteiger partial charge in [0.2, 0.25) is 0 Å². The summed E-state index contributed by atoms with van der Waals surface area (Å²) in [6.07, 6.45) is 6.50. The number of nitrogens with zero attached hydrogens (tertiary/aromatic N) is 3. The van der Waals surface area contributed by atoms with Crippen LogP contribution in [0.25, 0.3) is 11.3 Å². The fourth-order valence-corrected chi connectivity index (χ4v) is 3.59. The maximum Gasteiger partial charge on any atom is 0.167 e. The van der Waals surface area contributed by atoms with Crippen LogP contribution in [0, 0.1) is 5.82 Å². The summed E-state index contributed by atoms with van der Waals surface area (Å²) in [6, 6.07) is 14.6. The van der Waals surface area contributed by atoms with Gasteiger partial charge < -0.3 is 4.52 Å². The van der Waals surface area contributed by atoms with Crippen molar-refractivity contribution in [1.82, 2.24) is 15.0 Å². The molecular weight excluding hydrogens is 329 g/mol. The molecule has 0 saturated carbocycles. The third-order valence-electron chi connectivity index (χ3n) is 4.95. The molecular formula is C21H22FN3O. The highest BCUT2D eigenvalue weighted by Crippen LogP contribution is 2.33. The van der Waals surface area contributed by atoms with Crippen LogP contribution in [0.4, 0.5) is 4.39 Å². The number of halogens is 1. The molecule has 0 aliphatic carbocycles. The Morgan fingerprint density at radius 2 is 1.96 bits per heavy atom. The van der Waals surface area contributed by atoms with Crippen LogP contribution >= 0.6 is 0 Å². The van der Waals surface area contributed by atoms with Gasteiger partial charge in [0.1, 0.15) is 11.5 Å². The molecule has 0 bridgehead atoms. The molecule has 4 nitrogen and oxygen atoms in total. The Morgan fingerprint density at radius 1 is 1.08 bits per heavy atom. The second kappa shape index (κ2) is 7.79. The molecule has 3 heterocycles. The summed E-state index contributed by atoms with van der Waals surface area (Å²) < 4.78 is 18.7. The van der Waals surface area contributed by atoms with Crippen LogP contribution < -0.4 is 0 Å². The summed E-state index contributed by atoms with van der Waals surface area (Å²) in [4.78, 5) is 6.92. The van der Waals surface area contributed by atoms with Gasteiger partial charge in [-0.05, 0) is 55.8 Å². The van der Waals surface area contributed by atoms with Crippen LogP contribution in [0.15, 0.2) is 59.3 Å². The maximum absolute atomic E-state index is 13.1. The summed E-state index contributed by atoms with van der Waals surface area (Å²) >= 11 is 0. The average molecular weight is 351 g/mol. The van der Waals surface area contributed by atoms with E-state index in [1.165, 1.54) is 31.4 Å². The smallest absolute Gasteiger partial charge is 0.167 e. The van der Waals surface area contributed by atoms with Crippen molar-refractivity contribution in [2.45, 2.75) is 38.3 Å². The highest BCUT2D eigenvalue weighted by atomic mass is 19.1. The summed E-state index contributed by atoms with van der Waals surface area (Å²) in [5.41, 5.74) is 2.86. The zero-order chi connectivity index (χ0) is 17.8. The first-order chi connectivity index (χ1) is 12.8. The molecule has 1 fully saturated rings. The minimum Gasteiger partial charge on any atom is -0.356 e. The Hall–Kier alpha value is -2.53. The SMILES string of the molecule is Fc1ccc(-c2cc([C@@H]3CCCCCN3Cc3ccccn3)no2)cc1. The van der Waals surface area contributed by atoms with E-state index in [-0.39, 0.29) is 11.9 Å². The first-order valence-corrected chi connectivity index (χ1v) is 9.16. The van der Waals surface area contributed by atoms with Gasteiger partial charge in [0.15, 0.2) is 5.76 Å². The van der Waals surface area contributed by atoms with Crippen molar-refractivity contribution in [3.63, 3.8) is 0 Å². The Kier molecular flexibility index (Phi) is 5.07. The van der Waals surface area contributed by atoms with Crippen molar-refractivity contribution in [2.75, 3.05) is 6.54 Å². The van der Waals surface area contributed by atoms with Gasteiger partial charge in [0.25, 0.3) is 0 Å². The van der Waals surface area contributed by atoms with Crippen LogP contribution in [0.5, 0.6) is 0 Å². The zero-order valence-electron chi connectivity index (χ0n) is 14.6. The molecule has 1 atom stereocenters. The molecule has 5 heteroatoms. The van der Waals surface area contributed by atoms with E-state index in [1.54, 1.807) is 12.1 Å². The normalized spacial score (nSPS) is 18.6. The fourth-order valence-electron chi connectivity index (χ4n) is 3.59. The first kappa shape index (κ1) is 16.9. The topological polar surface area (TPSA) is 42.2 Å². The Labute approximate surface area is 152 Å². The minimum atomic E-state index is -0.251. The Morgan fingerprint density at radius 3 is 2.77 bits per heavy atom. The third kappa shape index (κ3) is 3.83. The molecule has 1 aliphatic rings. The summed E-state index contributed by atoms with van der Waals surface area (Å²) in [5.74, 6) is 0.431. The summed E-state index contributed by atoms with van der Waals surface area (Å²) in [6.45, 7) is 1.84. The van der Waals surface area contributed by atoms with Gasteiger partial charge in [-0.25, -0.2) is 4.39 Å². The second-order valence-electron chi connectivity index (χ2n) is 6.78. The van der Waals surface area contributed by atoms with Crippen molar-refractivity contribution in [3.05, 3.63) is 71.9 Å². The lowest BCUT2D eigenvalue weighted by molar-refractivity contribution is 0.182. The number of hydrogen-bond donors (Lipinski definition) is 0. The maximum atomic E-state index is 13.1. The van der Waals surface area contributed by atoms with E-state index in [1.807, 2.05) is 24.4 Å². The van der Waals surface area contributed by atoms with Crippen LogP contribution in [0.1, 0.15) is 43.1 Å². The number of aromatic nitrogens is 2. The quantitative estimate of drug-likeness (QED) is 0.664. The van der Waals surface area contributed by atoms with E-state index in [0.717, 1.165) is 36.5 Å². The van der Waals surface area contributed by atoms with E-state index in [4.69, 9.17) is 4.52 Å². The van der Waals surface area contributed by atoms with Gasteiger partial charge in [-0.3, -0.25) is 9.88 Å². The molecule has 0 unspecified atom stereocenters. The molecule has 26 heavy (non-hydrogen) atoms. The highest BCUT2D eigenvalue weighted by molar-refractivity contribution is 5.57. The fraction of sp³-hybridized carbons (Fsp3) is 0.333. The minimum absolute atomic E-state index is 0.220. The zero-order valence-corrected chi connectivity index (χ0v) is 14.6. The number of hydrogen-bond acceptors (Lipinski definition) is 4. The lowest BCUT2D eigenvalue weighted by atomic mass is 10.0. The van der Waals surface area contributed by atoms with Gasteiger partial charge in [0, 0.05) is 24.4 Å². The molecule has 0 amide bonds. The Bertz CT molecular complexity index is 832. The third-order valence-corrected chi connectivity index (χ3v) is 4.95. The van der Waals surface area contributed by atoms with Crippen molar-refractivity contribution in [2.24, 2.45) is 0 Å². The van der Waals surface area contributed by atoms with E-state index in [0.29, 0.717) is 5.76 Å². The van der Waals surface area contributed by atoms with Gasteiger partial charge in [0.05, 0.1) is 11.7 Å². The lowest BCUT2D eigenvalue weighted by Gasteiger charge is -2.27. The highest BCUT2D eigenvalue weighted by Gasteiger charge is 2.26. The molecule has 0 radical (unpaired) electrons. The second-order valence-corrected chi connectivity index (χ2v) is 6.78. The van der Waals surface area contributed by atoms with E-state index in [2.05, 4.69) is 21.1 Å². The molecule has 3 aromatic rings. The standard InChI is InChI=1S/C21H22FN3O/c22-17-10-8-16(9-11-17)21-14-19(24-26-21)20-7-2-1-5-13-25(20)15-18-6-3-4-12-23-18/h3-4,6,8-12,14,20H,1-2,5,7,13,15H2/t20-/m0/s1. The van der Waals surface area contributed by atoms with Crippen molar-refractivity contribution in [1.29, 1.82) is 0 Å². The molecule has 1 saturated heterocycles. The van der Waals surface area contributed by atoms with Crippen LogP contribution in [0.2, 0.25) is 0 Å². The van der Waals surface area contributed by atoms with E-state index in [9.17, 15) is 4.39 Å². The van der Waals surface area contributed by atoms with Gasteiger partial charge in [-0.1, -0.05) is 24.1 Å². The van der Waals surface area contributed by atoms with E-state index >= 15 is 0 Å². The lowest BCUT2D eigenvalue weighted by Crippen LogP contribution is -2.28. The summed E-state index contributed by atoms with van der Waals surface area (Å²) in [5, 5.41) is 4.34. The number of likely N-dealkylation sites (tertiary alicyclic amines) is 1. The van der Waals surface area contributed by atoms with Crippen LogP contribution in [-0.4, -0.2) is 21.6 Å². The first-order valence-electron chi connectivity index (χ1n) is 9.16.